The Kier molecular flexibility index (Phi) is 4.80. The fourth-order valence-corrected chi connectivity index (χ4v) is 3.87. The Hall–Kier alpha value is -1.24. The van der Waals surface area contributed by atoms with Crippen molar-refractivity contribution in [3.63, 3.8) is 0 Å². The molecule has 0 N–H and O–H groups in total. The number of hydrogen-bond donors (Lipinski definition) is 0. The SMILES string of the molecule is C=C1CC(C(F)(F)F)=NOC1O[C@H]1[C@@H]2OC(C)(C)O[C@@H]2CO[C@]12COC(C)(C)O2. The van der Waals surface area contributed by atoms with Crippen molar-refractivity contribution < 1.29 is 46.4 Å². The molecular weight excluding hydrogens is 399 g/mol. The number of halogens is 3. The number of fused-ring (bicyclic) bond motifs is 1. The van der Waals surface area contributed by atoms with Crippen molar-refractivity contribution in [2.75, 3.05) is 13.2 Å². The summed E-state index contributed by atoms with van der Waals surface area (Å²) in [6.45, 7) is 10.8. The molecular formula is C18H24F3NO7. The largest absolute Gasteiger partial charge is 0.433 e. The first-order valence-corrected chi connectivity index (χ1v) is 9.27. The molecule has 1 unspecified atom stereocenters. The number of nitrogens with zero attached hydrogens (tertiary/aromatic N) is 1. The van der Waals surface area contributed by atoms with E-state index in [-0.39, 0.29) is 18.8 Å². The van der Waals surface area contributed by atoms with Crippen LogP contribution in [-0.4, -0.2) is 67.1 Å². The molecule has 0 aromatic carbocycles. The normalized spacial score (nSPS) is 41.2. The predicted octanol–water partition coefficient (Wildman–Crippen LogP) is 2.62. The van der Waals surface area contributed by atoms with E-state index in [0.717, 1.165) is 0 Å². The summed E-state index contributed by atoms with van der Waals surface area (Å²) in [5.41, 5.74) is -1.00. The molecule has 164 valence electrons. The van der Waals surface area contributed by atoms with Crippen molar-refractivity contribution in [2.24, 2.45) is 5.16 Å². The van der Waals surface area contributed by atoms with Crippen molar-refractivity contribution in [2.45, 2.75) is 82.3 Å². The molecule has 3 fully saturated rings. The van der Waals surface area contributed by atoms with Crippen LogP contribution in [0.4, 0.5) is 13.2 Å². The molecule has 1 spiro atoms. The Labute approximate surface area is 165 Å². The Morgan fingerprint density at radius 2 is 1.83 bits per heavy atom. The summed E-state index contributed by atoms with van der Waals surface area (Å²) in [5.74, 6) is -3.19. The Bertz CT molecular complexity index is 721. The van der Waals surface area contributed by atoms with Crippen LogP contribution in [0, 0.1) is 0 Å². The lowest BCUT2D eigenvalue weighted by molar-refractivity contribution is -0.352. The van der Waals surface area contributed by atoms with Gasteiger partial charge >= 0.3 is 6.18 Å². The van der Waals surface area contributed by atoms with Gasteiger partial charge in [-0.25, -0.2) is 0 Å². The molecule has 5 atom stereocenters. The van der Waals surface area contributed by atoms with Crippen LogP contribution in [0.1, 0.15) is 34.1 Å². The summed E-state index contributed by atoms with van der Waals surface area (Å²) in [6.07, 6.45) is -8.36. The molecule has 4 rings (SSSR count). The van der Waals surface area contributed by atoms with Crippen molar-refractivity contribution in [3.8, 4) is 0 Å². The van der Waals surface area contributed by atoms with Gasteiger partial charge in [-0.15, -0.1) is 0 Å². The lowest BCUT2D eigenvalue weighted by atomic mass is 9.96. The zero-order chi connectivity index (χ0) is 21.2. The third-order valence-corrected chi connectivity index (χ3v) is 5.07. The average Bonchev–Trinajstić information content (AvgIpc) is 3.06. The number of oxime groups is 1. The molecule has 4 heterocycles. The molecule has 29 heavy (non-hydrogen) atoms. The second kappa shape index (κ2) is 6.63. The minimum absolute atomic E-state index is 0.0357. The third kappa shape index (κ3) is 3.91. The van der Waals surface area contributed by atoms with Gasteiger partial charge in [0.05, 0.1) is 6.61 Å². The first kappa shape index (κ1) is 21.0. The number of ether oxygens (including phenoxy) is 6. The topological polar surface area (TPSA) is 77.0 Å². The standard InChI is InChI=1S/C18H24F3NO7/c1-9-6-11(18(19,20)21)22-28-14(9)25-13-12-10(26-16(4,5)27-12)7-23-17(13)8-24-15(2,3)29-17/h10,12-14H,1,6-8H2,2-5H3/t10-,12-,13+,14?,17+/m1/s1. The number of rotatable bonds is 2. The highest BCUT2D eigenvalue weighted by Gasteiger charge is 2.64. The quantitative estimate of drug-likeness (QED) is 0.632. The van der Waals surface area contributed by atoms with E-state index in [9.17, 15) is 13.2 Å². The molecule has 4 aliphatic rings. The van der Waals surface area contributed by atoms with Gasteiger partial charge in [0, 0.05) is 6.42 Å². The monoisotopic (exact) mass is 423 g/mol. The van der Waals surface area contributed by atoms with Gasteiger partial charge in [0.1, 0.15) is 24.9 Å². The lowest BCUT2D eigenvalue weighted by Gasteiger charge is -2.44. The summed E-state index contributed by atoms with van der Waals surface area (Å²) in [5, 5.41) is 3.18. The molecule has 0 saturated carbocycles. The molecule has 11 heteroatoms. The van der Waals surface area contributed by atoms with Crippen LogP contribution in [0.25, 0.3) is 0 Å². The maximum absolute atomic E-state index is 12.9. The van der Waals surface area contributed by atoms with E-state index >= 15 is 0 Å². The zero-order valence-electron chi connectivity index (χ0n) is 16.6. The van der Waals surface area contributed by atoms with Gasteiger partial charge < -0.3 is 33.3 Å². The van der Waals surface area contributed by atoms with Crippen LogP contribution < -0.4 is 0 Å². The van der Waals surface area contributed by atoms with Gasteiger partial charge in [-0.3, -0.25) is 0 Å². The van der Waals surface area contributed by atoms with Crippen LogP contribution in [0.3, 0.4) is 0 Å². The molecule has 0 aromatic heterocycles. The van der Waals surface area contributed by atoms with Gasteiger partial charge in [-0.1, -0.05) is 11.7 Å². The first-order chi connectivity index (χ1) is 13.3. The molecule has 0 aromatic rings. The van der Waals surface area contributed by atoms with E-state index < -0.39 is 60.3 Å². The molecule has 0 bridgehead atoms. The van der Waals surface area contributed by atoms with Crippen molar-refractivity contribution in [3.05, 3.63) is 12.2 Å². The fourth-order valence-electron chi connectivity index (χ4n) is 3.87. The van der Waals surface area contributed by atoms with Crippen LogP contribution in [0.15, 0.2) is 17.3 Å². The molecule has 8 nitrogen and oxygen atoms in total. The Morgan fingerprint density at radius 3 is 2.41 bits per heavy atom. The van der Waals surface area contributed by atoms with Crippen molar-refractivity contribution in [1.82, 2.24) is 0 Å². The zero-order valence-corrected chi connectivity index (χ0v) is 16.6. The summed E-state index contributed by atoms with van der Waals surface area (Å²) in [6, 6.07) is 0. The maximum atomic E-state index is 12.9. The molecule has 3 saturated heterocycles. The molecule has 0 amide bonds. The lowest BCUT2D eigenvalue weighted by Crippen LogP contribution is -2.63. The fraction of sp³-hybridized carbons (Fsp3) is 0.833. The molecule has 0 aliphatic carbocycles. The highest BCUT2D eigenvalue weighted by molar-refractivity contribution is 5.91. The summed E-state index contributed by atoms with van der Waals surface area (Å²) < 4.78 is 74.2. The number of alkyl halides is 3. The van der Waals surface area contributed by atoms with Crippen LogP contribution in [0.5, 0.6) is 0 Å². The predicted molar refractivity (Wildman–Crippen MR) is 90.6 cm³/mol. The van der Waals surface area contributed by atoms with Gasteiger partial charge in [0.2, 0.25) is 12.1 Å². The van der Waals surface area contributed by atoms with Gasteiger partial charge in [0.15, 0.2) is 17.3 Å². The van der Waals surface area contributed by atoms with Gasteiger partial charge in [-0.2, -0.15) is 13.2 Å². The van der Waals surface area contributed by atoms with E-state index in [4.69, 9.17) is 33.3 Å². The maximum Gasteiger partial charge on any atom is 0.433 e. The van der Waals surface area contributed by atoms with Crippen LogP contribution >= 0.6 is 0 Å². The van der Waals surface area contributed by atoms with Gasteiger partial charge in [0.25, 0.3) is 0 Å². The van der Waals surface area contributed by atoms with Crippen LogP contribution in [0.2, 0.25) is 0 Å². The average molecular weight is 423 g/mol. The van der Waals surface area contributed by atoms with Crippen LogP contribution in [-0.2, 0) is 33.3 Å². The van der Waals surface area contributed by atoms with E-state index in [0.29, 0.717) is 0 Å². The highest BCUT2D eigenvalue weighted by Crippen LogP contribution is 2.46. The van der Waals surface area contributed by atoms with E-state index in [1.165, 1.54) is 0 Å². The van der Waals surface area contributed by atoms with E-state index in [1.807, 2.05) is 0 Å². The van der Waals surface area contributed by atoms with E-state index in [1.54, 1.807) is 27.7 Å². The van der Waals surface area contributed by atoms with Crippen molar-refractivity contribution in [1.29, 1.82) is 0 Å². The second-order valence-electron chi connectivity index (χ2n) is 8.42. The summed E-state index contributed by atoms with van der Waals surface area (Å²) in [7, 11) is 0. The molecule has 0 radical (unpaired) electrons. The highest BCUT2D eigenvalue weighted by atomic mass is 19.4. The minimum Gasteiger partial charge on any atom is -0.359 e. The Balaban J connectivity index is 1.59. The Morgan fingerprint density at radius 1 is 1.10 bits per heavy atom. The molecule has 4 aliphatic heterocycles. The summed E-state index contributed by atoms with van der Waals surface area (Å²) >= 11 is 0. The smallest absolute Gasteiger partial charge is 0.359 e. The summed E-state index contributed by atoms with van der Waals surface area (Å²) in [4.78, 5) is 4.99. The minimum atomic E-state index is -4.60. The third-order valence-electron chi connectivity index (χ3n) is 5.07. The van der Waals surface area contributed by atoms with E-state index in [2.05, 4.69) is 11.7 Å². The van der Waals surface area contributed by atoms with Crippen molar-refractivity contribution >= 4 is 5.71 Å². The van der Waals surface area contributed by atoms with Gasteiger partial charge in [-0.05, 0) is 33.3 Å². The second-order valence-corrected chi connectivity index (χ2v) is 8.42. The number of hydrogen-bond acceptors (Lipinski definition) is 8. The first-order valence-electron chi connectivity index (χ1n) is 9.27.